The summed E-state index contributed by atoms with van der Waals surface area (Å²) in [6, 6.07) is 10.1. The number of carbonyl (C=O) groups is 1. The summed E-state index contributed by atoms with van der Waals surface area (Å²) in [6.07, 6.45) is 1.74. The van der Waals surface area contributed by atoms with Crippen LogP contribution in [0.1, 0.15) is 41.7 Å². The highest BCUT2D eigenvalue weighted by Crippen LogP contribution is 2.35. The number of nitriles is 1. The summed E-state index contributed by atoms with van der Waals surface area (Å²) in [4.78, 5) is 27.8. The third-order valence-corrected chi connectivity index (χ3v) is 6.65. The zero-order valence-electron chi connectivity index (χ0n) is 18.9. The summed E-state index contributed by atoms with van der Waals surface area (Å²) in [5, 5.41) is 12.9. The molecule has 1 N–H and O–H groups in total. The molecule has 32 heavy (non-hydrogen) atoms. The number of hydrogen-bond acceptors (Lipinski definition) is 6. The van der Waals surface area contributed by atoms with Crippen LogP contribution >= 0.6 is 24.0 Å². The molecule has 3 rings (SSSR count). The first kappa shape index (κ1) is 23.8. The third kappa shape index (κ3) is 4.79. The van der Waals surface area contributed by atoms with Crippen LogP contribution in [0.2, 0.25) is 0 Å². The fourth-order valence-electron chi connectivity index (χ4n) is 3.49. The Morgan fingerprint density at radius 3 is 2.47 bits per heavy atom. The summed E-state index contributed by atoms with van der Waals surface area (Å²) < 4.78 is 1.95. The number of carbonyl (C=O) groups excluding carboxylic acids is 1. The van der Waals surface area contributed by atoms with Gasteiger partial charge >= 0.3 is 0 Å². The van der Waals surface area contributed by atoms with Crippen LogP contribution in [0.5, 0.6) is 0 Å². The highest BCUT2D eigenvalue weighted by molar-refractivity contribution is 8.26. The molecule has 1 aromatic carbocycles. The standard InChI is InChI=1S/C24H26N4O2S2/c1-14(2)13-28-23(30)20(32-24(28)31)10-18-16(4)19(11-25)22(29)27(5)21(18)26-12-17-8-6-15(3)7-9-17/h6-10,14,26H,12-13H2,1-5H3/b20-10-. The lowest BCUT2D eigenvalue weighted by atomic mass is 10.0. The number of benzene rings is 1. The van der Waals surface area contributed by atoms with Gasteiger partial charge in [-0.15, -0.1) is 0 Å². The van der Waals surface area contributed by atoms with E-state index in [4.69, 9.17) is 12.2 Å². The fourth-order valence-corrected chi connectivity index (χ4v) is 4.75. The number of amides is 1. The van der Waals surface area contributed by atoms with Crippen LogP contribution in [-0.2, 0) is 18.4 Å². The molecule has 1 aliphatic rings. The lowest BCUT2D eigenvalue weighted by Crippen LogP contribution is -2.31. The highest BCUT2D eigenvalue weighted by atomic mass is 32.2. The number of hydrogen-bond donors (Lipinski definition) is 1. The molecule has 0 bridgehead atoms. The first-order valence-corrected chi connectivity index (χ1v) is 11.5. The van der Waals surface area contributed by atoms with E-state index in [2.05, 4.69) is 5.32 Å². The molecule has 2 aromatic rings. The van der Waals surface area contributed by atoms with Gasteiger partial charge in [-0.1, -0.05) is 67.7 Å². The van der Waals surface area contributed by atoms with Crippen LogP contribution < -0.4 is 10.9 Å². The predicted molar refractivity (Wildman–Crippen MR) is 134 cm³/mol. The molecule has 1 saturated heterocycles. The Hall–Kier alpha value is -2.89. The Balaban J connectivity index is 2.07. The van der Waals surface area contributed by atoms with Crippen molar-refractivity contribution in [1.82, 2.24) is 9.47 Å². The largest absolute Gasteiger partial charge is 0.367 e. The van der Waals surface area contributed by atoms with Gasteiger partial charge < -0.3 is 5.32 Å². The van der Waals surface area contributed by atoms with Crippen LogP contribution in [0.3, 0.4) is 0 Å². The Bertz CT molecular complexity index is 1200. The number of aromatic nitrogens is 1. The van der Waals surface area contributed by atoms with Crippen molar-refractivity contribution in [1.29, 1.82) is 5.26 Å². The van der Waals surface area contributed by atoms with Crippen LogP contribution in [-0.4, -0.2) is 26.2 Å². The lowest BCUT2D eigenvalue weighted by molar-refractivity contribution is -0.122. The lowest BCUT2D eigenvalue weighted by Gasteiger charge is -2.18. The summed E-state index contributed by atoms with van der Waals surface area (Å²) in [5.41, 5.74) is 3.09. The molecule has 8 heteroatoms. The zero-order chi connectivity index (χ0) is 23.6. The van der Waals surface area contributed by atoms with E-state index in [0.29, 0.717) is 39.3 Å². The average molecular weight is 467 g/mol. The van der Waals surface area contributed by atoms with Gasteiger partial charge in [0.1, 0.15) is 21.8 Å². The quantitative estimate of drug-likeness (QED) is 0.504. The molecule has 0 saturated carbocycles. The van der Waals surface area contributed by atoms with E-state index in [1.54, 1.807) is 24.9 Å². The molecule has 1 fully saturated rings. The van der Waals surface area contributed by atoms with Crippen molar-refractivity contribution in [3.63, 3.8) is 0 Å². The van der Waals surface area contributed by atoms with Crippen LogP contribution in [0.15, 0.2) is 34.0 Å². The van der Waals surface area contributed by atoms with Gasteiger partial charge in [0, 0.05) is 25.7 Å². The molecule has 0 unspecified atom stereocenters. The van der Waals surface area contributed by atoms with Crippen molar-refractivity contribution >= 4 is 46.1 Å². The molecule has 2 heterocycles. The number of anilines is 1. The monoisotopic (exact) mass is 466 g/mol. The minimum absolute atomic E-state index is 0.0669. The van der Waals surface area contributed by atoms with E-state index < -0.39 is 0 Å². The fraction of sp³-hybridized carbons (Fsp3) is 0.333. The van der Waals surface area contributed by atoms with Gasteiger partial charge in [0.25, 0.3) is 11.5 Å². The maximum atomic E-state index is 13.0. The number of pyridine rings is 1. The first-order valence-electron chi connectivity index (χ1n) is 10.3. The molecule has 6 nitrogen and oxygen atoms in total. The second kappa shape index (κ2) is 9.72. The van der Waals surface area contributed by atoms with Crippen molar-refractivity contribution in [2.75, 3.05) is 11.9 Å². The SMILES string of the molecule is Cc1ccc(CNc2c(/C=C3\SC(=S)N(CC(C)C)C3=O)c(C)c(C#N)c(=O)n2C)cc1. The summed E-state index contributed by atoms with van der Waals surface area (Å²) in [5.74, 6) is 0.694. The Kier molecular flexibility index (Phi) is 7.22. The van der Waals surface area contributed by atoms with Crippen molar-refractivity contribution in [2.24, 2.45) is 13.0 Å². The molecule has 0 atom stereocenters. The maximum absolute atomic E-state index is 13.0. The maximum Gasteiger partial charge on any atom is 0.270 e. The van der Waals surface area contributed by atoms with Crippen LogP contribution in [0.4, 0.5) is 5.82 Å². The summed E-state index contributed by atoms with van der Waals surface area (Å²) in [6.45, 7) is 8.87. The third-order valence-electron chi connectivity index (χ3n) is 5.28. The smallest absolute Gasteiger partial charge is 0.270 e. The number of nitrogens with zero attached hydrogens (tertiary/aromatic N) is 3. The van der Waals surface area contributed by atoms with Gasteiger partial charge in [0.05, 0.1) is 4.91 Å². The van der Waals surface area contributed by atoms with Crippen molar-refractivity contribution in [3.8, 4) is 6.07 Å². The van der Waals surface area contributed by atoms with Crippen molar-refractivity contribution in [3.05, 3.63) is 67.3 Å². The topological polar surface area (TPSA) is 78.1 Å². The van der Waals surface area contributed by atoms with Gasteiger partial charge in [0.15, 0.2) is 0 Å². The summed E-state index contributed by atoms with van der Waals surface area (Å²) in [7, 11) is 1.63. The normalized spacial score (nSPS) is 15.0. The molecular formula is C24H26N4O2S2. The molecular weight excluding hydrogens is 440 g/mol. The Labute approximate surface area is 197 Å². The second-order valence-electron chi connectivity index (χ2n) is 8.26. The molecule has 0 radical (unpaired) electrons. The number of thioether (sulfide) groups is 1. The molecule has 1 amide bonds. The van der Waals surface area contributed by atoms with Crippen molar-refractivity contribution in [2.45, 2.75) is 34.2 Å². The highest BCUT2D eigenvalue weighted by Gasteiger charge is 2.33. The van der Waals surface area contributed by atoms with Crippen molar-refractivity contribution < 1.29 is 4.79 Å². The molecule has 0 spiro atoms. The van der Waals surface area contributed by atoms with Gasteiger partial charge in [-0.25, -0.2) is 0 Å². The minimum Gasteiger partial charge on any atom is -0.367 e. The van der Waals surface area contributed by atoms with E-state index in [0.717, 1.165) is 5.56 Å². The summed E-state index contributed by atoms with van der Waals surface area (Å²) >= 11 is 6.67. The molecule has 1 aliphatic heterocycles. The first-order chi connectivity index (χ1) is 15.1. The molecule has 1 aromatic heterocycles. The van der Waals surface area contributed by atoms with Gasteiger partial charge in [-0.3, -0.25) is 19.1 Å². The number of rotatable bonds is 6. The van der Waals surface area contributed by atoms with Gasteiger partial charge in [0.2, 0.25) is 0 Å². The Morgan fingerprint density at radius 2 is 1.88 bits per heavy atom. The second-order valence-corrected chi connectivity index (χ2v) is 9.94. The van der Waals surface area contributed by atoms with Gasteiger partial charge in [-0.2, -0.15) is 5.26 Å². The molecule has 166 valence electrons. The van der Waals surface area contributed by atoms with E-state index >= 15 is 0 Å². The zero-order valence-corrected chi connectivity index (χ0v) is 20.5. The van der Waals surface area contributed by atoms with E-state index in [1.165, 1.54) is 21.9 Å². The van der Waals surface area contributed by atoms with E-state index in [1.807, 2.05) is 51.1 Å². The predicted octanol–water partition coefficient (Wildman–Crippen LogP) is 4.34. The Morgan fingerprint density at radius 1 is 1.22 bits per heavy atom. The van der Waals surface area contributed by atoms with Gasteiger partial charge in [-0.05, 0) is 37.0 Å². The molecule has 0 aliphatic carbocycles. The number of aryl methyl sites for hydroxylation is 1. The average Bonchev–Trinajstić information content (AvgIpc) is 3.00. The van der Waals surface area contributed by atoms with Crippen LogP contribution in [0, 0.1) is 31.1 Å². The number of nitrogens with one attached hydrogen (secondary N) is 1. The van der Waals surface area contributed by atoms with Crippen LogP contribution in [0.25, 0.3) is 6.08 Å². The van der Waals surface area contributed by atoms with E-state index in [-0.39, 0.29) is 22.9 Å². The minimum atomic E-state index is -0.374. The van der Waals surface area contributed by atoms with E-state index in [9.17, 15) is 14.9 Å². The number of thiocarbonyl (C=S) groups is 1.